The largest absolute Gasteiger partial charge is 0.315 e. The Kier molecular flexibility index (Phi) is 4.69. The average molecular weight is 197 g/mol. The smallest absolute Gasteiger partial charge is 0.0256 e. The van der Waals surface area contributed by atoms with Gasteiger partial charge in [-0.1, -0.05) is 0 Å². The van der Waals surface area contributed by atoms with Gasteiger partial charge in [-0.3, -0.25) is 0 Å². The van der Waals surface area contributed by atoms with Gasteiger partial charge in [0.1, 0.15) is 0 Å². The average Bonchev–Trinajstić information content (AvgIpc) is 2.53. The predicted octanol–water partition coefficient (Wildman–Crippen LogP) is 2.28. The van der Waals surface area contributed by atoms with E-state index in [0.29, 0.717) is 4.75 Å². The second-order valence-corrected chi connectivity index (χ2v) is 5.57. The molecule has 13 heavy (non-hydrogen) atoms. The molecule has 1 aliphatic heterocycles. The summed E-state index contributed by atoms with van der Waals surface area (Å²) in [5.74, 6) is 4.00. The Bertz CT molecular complexity index is 177. The molecule has 0 saturated carbocycles. The van der Waals surface area contributed by atoms with Gasteiger partial charge in [0, 0.05) is 17.7 Å². The molecule has 1 fully saturated rings. The molecule has 0 spiro atoms. The minimum absolute atomic E-state index is 0.496. The van der Waals surface area contributed by atoms with Gasteiger partial charge in [0.25, 0.3) is 0 Å². The first-order valence-electron chi connectivity index (χ1n) is 5.05. The molecule has 0 aliphatic carbocycles. The Hall–Kier alpha value is -0.130. The molecule has 1 saturated heterocycles. The molecule has 1 unspecified atom stereocenters. The highest BCUT2D eigenvalue weighted by molar-refractivity contribution is 8.00. The van der Waals surface area contributed by atoms with Gasteiger partial charge in [-0.05, 0) is 38.5 Å². The van der Waals surface area contributed by atoms with Gasteiger partial charge in [0.05, 0.1) is 0 Å². The predicted molar refractivity (Wildman–Crippen MR) is 61.0 cm³/mol. The first-order valence-corrected chi connectivity index (χ1v) is 6.03. The third kappa shape index (κ3) is 4.06. The molecule has 1 N–H and O–H groups in total. The Balaban J connectivity index is 2.02. The molecule has 0 radical (unpaired) electrons. The fourth-order valence-electron chi connectivity index (χ4n) is 1.64. The van der Waals surface area contributed by atoms with Gasteiger partial charge in [-0.25, -0.2) is 0 Å². The molecule has 1 rings (SSSR count). The number of hydrogen-bond acceptors (Lipinski definition) is 2. The zero-order chi connectivity index (χ0) is 9.57. The van der Waals surface area contributed by atoms with Crippen LogP contribution >= 0.6 is 11.8 Å². The second-order valence-electron chi connectivity index (χ2n) is 3.89. The molecular formula is C11H19NS. The summed E-state index contributed by atoms with van der Waals surface area (Å²) in [6, 6.07) is 0. The fraction of sp³-hybridized carbons (Fsp3) is 0.818. The third-order valence-corrected chi connectivity index (χ3v) is 4.01. The van der Waals surface area contributed by atoms with Crippen LogP contribution in [0, 0.1) is 12.3 Å². The van der Waals surface area contributed by atoms with Crippen LogP contribution in [0.5, 0.6) is 0 Å². The Morgan fingerprint density at radius 3 is 3.08 bits per heavy atom. The molecule has 0 aromatic heterocycles. The van der Waals surface area contributed by atoms with Gasteiger partial charge in [-0.2, -0.15) is 11.8 Å². The van der Waals surface area contributed by atoms with Crippen molar-refractivity contribution in [2.24, 2.45) is 0 Å². The lowest BCUT2D eigenvalue weighted by molar-refractivity contribution is 0.532. The van der Waals surface area contributed by atoms with Crippen LogP contribution < -0.4 is 5.32 Å². The van der Waals surface area contributed by atoms with Crippen LogP contribution in [0.15, 0.2) is 0 Å². The molecule has 2 heteroatoms. The van der Waals surface area contributed by atoms with Crippen LogP contribution in [0.25, 0.3) is 0 Å². The first kappa shape index (κ1) is 10.9. The summed E-state index contributed by atoms with van der Waals surface area (Å²) in [6.07, 6.45) is 9.93. The van der Waals surface area contributed by atoms with E-state index >= 15 is 0 Å². The molecular weight excluding hydrogens is 178 g/mol. The highest BCUT2D eigenvalue weighted by Gasteiger charge is 2.28. The quantitative estimate of drug-likeness (QED) is 0.536. The van der Waals surface area contributed by atoms with Crippen molar-refractivity contribution < 1.29 is 0 Å². The summed E-state index contributed by atoms with van der Waals surface area (Å²) < 4.78 is 0.496. The number of unbranched alkanes of at least 4 members (excludes halogenated alkanes) is 1. The van der Waals surface area contributed by atoms with Crippen molar-refractivity contribution in [3.05, 3.63) is 0 Å². The van der Waals surface area contributed by atoms with E-state index in [1.807, 2.05) is 0 Å². The lowest BCUT2D eigenvalue weighted by atomic mass is 10.1. The lowest BCUT2D eigenvalue weighted by Gasteiger charge is -2.22. The maximum atomic E-state index is 5.18. The highest BCUT2D eigenvalue weighted by atomic mass is 32.2. The normalized spacial score (nSPS) is 27.4. The Morgan fingerprint density at radius 2 is 2.46 bits per heavy atom. The van der Waals surface area contributed by atoms with Crippen molar-refractivity contribution in [3.63, 3.8) is 0 Å². The van der Waals surface area contributed by atoms with Crippen LogP contribution in [0.1, 0.15) is 32.6 Å². The van der Waals surface area contributed by atoms with Crippen molar-refractivity contribution in [2.45, 2.75) is 37.4 Å². The Morgan fingerprint density at radius 1 is 1.62 bits per heavy atom. The minimum Gasteiger partial charge on any atom is -0.315 e. The van der Waals surface area contributed by atoms with E-state index in [-0.39, 0.29) is 0 Å². The van der Waals surface area contributed by atoms with Crippen LogP contribution in [0.2, 0.25) is 0 Å². The van der Waals surface area contributed by atoms with Gasteiger partial charge in [-0.15, -0.1) is 12.3 Å². The summed E-state index contributed by atoms with van der Waals surface area (Å²) in [5, 5.41) is 3.49. The number of terminal acetylenes is 1. The van der Waals surface area contributed by atoms with Crippen molar-refractivity contribution >= 4 is 11.8 Å². The van der Waals surface area contributed by atoms with Crippen molar-refractivity contribution in [1.82, 2.24) is 5.32 Å². The molecule has 0 amide bonds. The van der Waals surface area contributed by atoms with Gasteiger partial charge in [0.15, 0.2) is 0 Å². The van der Waals surface area contributed by atoms with E-state index in [9.17, 15) is 0 Å². The monoisotopic (exact) mass is 197 g/mol. The third-order valence-electron chi connectivity index (χ3n) is 2.47. The SMILES string of the molecule is C#CCCCNCC1(C)CCCS1. The molecule has 0 bridgehead atoms. The van der Waals surface area contributed by atoms with Gasteiger partial charge in [0.2, 0.25) is 0 Å². The zero-order valence-corrected chi connectivity index (χ0v) is 9.25. The summed E-state index contributed by atoms with van der Waals surface area (Å²) in [7, 11) is 0. The fourth-order valence-corrected chi connectivity index (χ4v) is 2.92. The maximum absolute atomic E-state index is 5.18. The molecule has 1 aliphatic rings. The molecule has 74 valence electrons. The lowest BCUT2D eigenvalue weighted by Crippen LogP contribution is -2.33. The van der Waals surface area contributed by atoms with E-state index in [2.05, 4.69) is 29.9 Å². The van der Waals surface area contributed by atoms with E-state index < -0.39 is 0 Å². The van der Waals surface area contributed by atoms with Crippen molar-refractivity contribution in [1.29, 1.82) is 0 Å². The van der Waals surface area contributed by atoms with Gasteiger partial charge < -0.3 is 5.32 Å². The molecule has 0 aromatic carbocycles. The van der Waals surface area contributed by atoms with Crippen molar-refractivity contribution in [3.8, 4) is 12.3 Å². The molecule has 1 nitrogen and oxygen atoms in total. The first-order chi connectivity index (χ1) is 6.27. The number of rotatable bonds is 5. The highest BCUT2D eigenvalue weighted by Crippen LogP contribution is 2.36. The number of hydrogen-bond donors (Lipinski definition) is 1. The summed E-state index contributed by atoms with van der Waals surface area (Å²) in [5.41, 5.74) is 0. The van der Waals surface area contributed by atoms with Crippen LogP contribution in [-0.2, 0) is 0 Å². The van der Waals surface area contributed by atoms with Crippen LogP contribution in [-0.4, -0.2) is 23.6 Å². The zero-order valence-electron chi connectivity index (χ0n) is 8.44. The number of nitrogens with one attached hydrogen (secondary N) is 1. The van der Waals surface area contributed by atoms with Gasteiger partial charge >= 0.3 is 0 Å². The molecule has 0 aromatic rings. The Labute approximate surface area is 86.1 Å². The standard InChI is InChI=1S/C11H19NS/c1-3-4-5-8-12-10-11(2)7-6-9-13-11/h1,12H,4-10H2,2H3. The molecule has 1 atom stereocenters. The van der Waals surface area contributed by atoms with E-state index in [4.69, 9.17) is 6.42 Å². The molecule has 1 heterocycles. The van der Waals surface area contributed by atoms with E-state index in [1.165, 1.54) is 18.6 Å². The van der Waals surface area contributed by atoms with Crippen LogP contribution in [0.3, 0.4) is 0 Å². The van der Waals surface area contributed by atoms with E-state index in [1.54, 1.807) is 0 Å². The summed E-state index contributed by atoms with van der Waals surface area (Å²) in [4.78, 5) is 0. The minimum atomic E-state index is 0.496. The number of thioether (sulfide) groups is 1. The van der Waals surface area contributed by atoms with Crippen LogP contribution in [0.4, 0.5) is 0 Å². The maximum Gasteiger partial charge on any atom is 0.0256 e. The summed E-state index contributed by atoms with van der Waals surface area (Å²) >= 11 is 2.11. The van der Waals surface area contributed by atoms with E-state index in [0.717, 1.165) is 25.9 Å². The summed E-state index contributed by atoms with van der Waals surface area (Å²) in [6.45, 7) is 4.57. The second kappa shape index (κ2) is 5.57. The topological polar surface area (TPSA) is 12.0 Å². The van der Waals surface area contributed by atoms with Crippen molar-refractivity contribution in [2.75, 3.05) is 18.8 Å².